The summed E-state index contributed by atoms with van der Waals surface area (Å²) in [4.78, 5) is 37.4. The number of nitrogens with two attached hydrogens (primary N) is 1. The van der Waals surface area contributed by atoms with E-state index >= 15 is 0 Å². The van der Waals surface area contributed by atoms with E-state index in [-0.39, 0.29) is 47.3 Å². The van der Waals surface area contributed by atoms with E-state index in [0.717, 1.165) is 23.3 Å². The summed E-state index contributed by atoms with van der Waals surface area (Å²) in [5.41, 5.74) is 7.37. The number of amides is 2. The minimum absolute atomic E-state index is 0.00948. The van der Waals surface area contributed by atoms with Gasteiger partial charge in [0.15, 0.2) is 5.96 Å². The van der Waals surface area contributed by atoms with Crippen molar-refractivity contribution in [3.63, 3.8) is 0 Å². The third-order valence-corrected chi connectivity index (χ3v) is 7.77. The van der Waals surface area contributed by atoms with Gasteiger partial charge in [0.1, 0.15) is 11.4 Å². The van der Waals surface area contributed by atoms with Crippen LogP contribution < -0.4 is 15.8 Å². The van der Waals surface area contributed by atoms with Crippen molar-refractivity contribution in [2.75, 3.05) is 0 Å². The largest absolute Gasteiger partial charge is 0.487 e. The third-order valence-electron chi connectivity index (χ3n) is 7.77. The molecular formula is C28H35N5O3. The van der Waals surface area contributed by atoms with Crippen LogP contribution in [0.25, 0.3) is 0 Å². The summed E-state index contributed by atoms with van der Waals surface area (Å²) >= 11 is 0. The van der Waals surface area contributed by atoms with Gasteiger partial charge in [0.25, 0.3) is 0 Å². The van der Waals surface area contributed by atoms with Gasteiger partial charge >= 0.3 is 0 Å². The Morgan fingerprint density at radius 1 is 1.25 bits per heavy atom. The highest BCUT2D eigenvalue weighted by Gasteiger charge is 2.53. The van der Waals surface area contributed by atoms with E-state index in [0.29, 0.717) is 19.3 Å². The quantitative estimate of drug-likeness (QED) is 0.640. The predicted octanol–water partition coefficient (Wildman–Crippen LogP) is 3.89. The van der Waals surface area contributed by atoms with E-state index < -0.39 is 5.54 Å². The Balaban J connectivity index is 1.39. The highest BCUT2D eigenvalue weighted by atomic mass is 16.5. The molecule has 5 atom stereocenters. The zero-order chi connectivity index (χ0) is 25.7. The topological polar surface area (TPSA) is 110 Å². The Labute approximate surface area is 212 Å². The minimum atomic E-state index is -0.499. The van der Waals surface area contributed by atoms with Gasteiger partial charge in [-0.15, -0.1) is 0 Å². The lowest BCUT2D eigenvalue weighted by Gasteiger charge is -2.39. The summed E-state index contributed by atoms with van der Waals surface area (Å²) < 4.78 is 6.12. The van der Waals surface area contributed by atoms with Gasteiger partial charge in [0, 0.05) is 30.3 Å². The van der Waals surface area contributed by atoms with Crippen LogP contribution in [-0.4, -0.2) is 38.8 Å². The van der Waals surface area contributed by atoms with Crippen molar-refractivity contribution in [1.82, 2.24) is 15.2 Å². The summed E-state index contributed by atoms with van der Waals surface area (Å²) in [5, 5.41) is 3.28. The number of benzene rings is 1. The molecule has 0 radical (unpaired) electrons. The number of guanidine groups is 1. The van der Waals surface area contributed by atoms with Gasteiger partial charge in [-0.25, -0.2) is 4.99 Å². The average Bonchev–Trinajstić information content (AvgIpc) is 3.62. The third kappa shape index (κ3) is 4.56. The number of rotatable bonds is 6. The Morgan fingerprint density at radius 2 is 2.03 bits per heavy atom. The Kier molecular flexibility index (Phi) is 6.01. The van der Waals surface area contributed by atoms with Crippen molar-refractivity contribution in [1.29, 1.82) is 0 Å². The van der Waals surface area contributed by atoms with Crippen LogP contribution in [0.4, 0.5) is 0 Å². The molecular weight excluding hydrogens is 454 g/mol. The van der Waals surface area contributed by atoms with Gasteiger partial charge in [-0.2, -0.15) is 0 Å². The zero-order valence-electron chi connectivity index (χ0n) is 21.4. The lowest BCUT2D eigenvalue weighted by Crippen LogP contribution is -2.52. The molecule has 5 rings (SSSR count). The van der Waals surface area contributed by atoms with Crippen LogP contribution in [0.2, 0.25) is 0 Å². The van der Waals surface area contributed by atoms with Gasteiger partial charge in [-0.3, -0.25) is 19.5 Å². The standard InChI is InChI=1S/C28H35N5O3/c1-5-28(4)15-23(34)33(26(29)32-28)24(17-9-8-12-30-16-17)19-13-20(19)25(35)31-21-14-27(2,3)36-22-11-7-6-10-18(21)22/h6-12,16,19-21,24H,5,13-15H2,1-4H3,(H2,29,32)(H,31,35)/t19-,20-,21-,24+,28-/m0/s1. The maximum Gasteiger partial charge on any atom is 0.232 e. The molecule has 3 aliphatic rings. The first-order valence-electron chi connectivity index (χ1n) is 12.8. The molecule has 3 heterocycles. The molecule has 1 saturated carbocycles. The zero-order valence-corrected chi connectivity index (χ0v) is 21.4. The van der Waals surface area contributed by atoms with Crippen molar-refractivity contribution >= 4 is 17.8 Å². The number of pyridine rings is 1. The van der Waals surface area contributed by atoms with Crippen molar-refractivity contribution in [2.45, 2.75) is 76.6 Å². The first-order chi connectivity index (χ1) is 17.1. The second-order valence-electron chi connectivity index (χ2n) is 11.2. The van der Waals surface area contributed by atoms with E-state index in [2.05, 4.69) is 10.3 Å². The van der Waals surface area contributed by atoms with Crippen LogP contribution in [0.1, 0.15) is 76.6 Å². The molecule has 8 heteroatoms. The van der Waals surface area contributed by atoms with E-state index in [9.17, 15) is 9.59 Å². The number of hydrogen-bond donors (Lipinski definition) is 2. The first kappa shape index (κ1) is 24.3. The Morgan fingerprint density at radius 3 is 2.72 bits per heavy atom. The molecule has 3 N–H and O–H groups in total. The summed E-state index contributed by atoms with van der Waals surface area (Å²) in [6, 6.07) is 11.1. The number of nitrogens with zero attached hydrogens (tertiary/aromatic N) is 3. The number of carbonyl (C=O) groups excluding carboxylic acids is 2. The second kappa shape index (κ2) is 8.91. The van der Waals surface area contributed by atoms with Gasteiger partial charge < -0.3 is 15.8 Å². The molecule has 36 heavy (non-hydrogen) atoms. The number of para-hydroxylation sites is 1. The highest BCUT2D eigenvalue weighted by Crippen LogP contribution is 2.51. The molecule has 1 fully saturated rings. The van der Waals surface area contributed by atoms with Crippen molar-refractivity contribution < 1.29 is 14.3 Å². The molecule has 1 aliphatic carbocycles. The molecule has 2 aliphatic heterocycles. The summed E-state index contributed by atoms with van der Waals surface area (Å²) in [6.45, 7) is 8.04. The Bertz CT molecular complexity index is 1200. The lowest BCUT2D eigenvalue weighted by molar-refractivity contribution is -0.132. The number of fused-ring (bicyclic) bond motifs is 1. The molecule has 0 bridgehead atoms. The monoisotopic (exact) mass is 489 g/mol. The fraction of sp³-hybridized carbons (Fsp3) is 0.500. The lowest BCUT2D eigenvalue weighted by atomic mass is 9.89. The van der Waals surface area contributed by atoms with Gasteiger partial charge in [0.2, 0.25) is 11.8 Å². The number of ether oxygens (including phenoxy) is 1. The fourth-order valence-electron chi connectivity index (χ4n) is 5.62. The van der Waals surface area contributed by atoms with Crippen molar-refractivity contribution in [2.24, 2.45) is 22.6 Å². The molecule has 0 saturated heterocycles. The number of carbonyl (C=O) groups is 2. The van der Waals surface area contributed by atoms with Gasteiger partial charge in [-0.1, -0.05) is 31.2 Å². The van der Waals surface area contributed by atoms with Crippen LogP contribution in [0.5, 0.6) is 5.75 Å². The Hall–Kier alpha value is -3.42. The molecule has 190 valence electrons. The highest BCUT2D eigenvalue weighted by molar-refractivity contribution is 5.99. The fourth-order valence-corrected chi connectivity index (χ4v) is 5.62. The van der Waals surface area contributed by atoms with Crippen molar-refractivity contribution in [3.8, 4) is 5.75 Å². The normalized spacial score (nSPS) is 29.4. The minimum Gasteiger partial charge on any atom is -0.487 e. The van der Waals surface area contributed by atoms with Gasteiger partial charge in [0.05, 0.1) is 24.0 Å². The molecule has 8 nitrogen and oxygen atoms in total. The van der Waals surface area contributed by atoms with E-state index in [1.54, 1.807) is 17.3 Å². The van der Waals surface area contributed by atoms with Crippen LogP contribution in [0.15, 0.2) is 53.8 Å². The summed E-state index contributed by atoms with van der Waals surface area (Å²) in [6.07, 6.45) is 5.82. The van der Waals surface area contributed by atoms with Crippen LogP contribution in [-0.2, 0) is 9.59 Å². The van der Waals surface area contributed by atoms with E-state index in [4.69, 9.17) is 15.5 Å². The summed E-state index contributed by atoms with van der Waals surface area (Å²) in [7, 11) is 0. The SMILES string of the molecule is CC[C@@]1(C)CC(=O)N([C@H](c2cccnc2)[C@H]2C[C@@H]2C(=O)N[C@H]2CC(C)(C)Oc3ccccc32)C(N)=N1. The van der Waals surface area contributed by atoms with E-state index in [1.807, 2.05) is 64.1 Å². The number of hydrogen-bond acceptors (Lipinski definition) is 6. The second-order valence-corrected chi connectivity index (χ2v) is 11.2. The van der Waals surface area contributed by atoms with Crippen LogP contribution in [0.3, 0.4) is 0 Å². The van der Waals surface area contributed by atoms with Crippen LogP contribution in [0, 0.1) is 11.8 Å². The smallest absolute Gasteiger partial charge is 0.232 e. The molecule has 2 amide bonds. The summed E-state index contributed by atoms with van der Waals surface area (Å²) in [5.74, 6) is 0.656. The number of aromatic nitrogens is 1. The molecule has 1 aromatic carbocycles. The molecule has 2 aromatic rings. The number of aliphatic imine (C=N–C) groups is 1. The maximum absolute atomic E-state index is 13.5. The number of nitrogens with one attached hydrogen (secondary N) is 1. The maximum atomic E-state index is 13.5. The molecule has 0 spiro atoms. The molecule has 0 unspecified atom stereocenters. The van der Waals surface area contributed by atoms with Crippen molar-refractivity contribution in [3.05, 3.63) is 59.9 Å². The predicted molar refractivity (Wildman–Crippen MR) is 137 cm³/mol. The molecule has 1 aromatic heterocycles. The van der Waals surface area contributed by atoms with E-state index in [1.165, 1.54) is 0 Å². The first-order valence-corrected chi connectivity index (χ1v) is 12.8. The van der Waals surface area contributed by atoms with Gasteiger partial charge in [-0.05, 0) is 57.2 Å². The van der Waals surface area contributed by atoms with Crippen LogP contribution >= 0.6 is 0 Å². The average molecular weight is 490 g/mol.